The molecule has 0 aromatic rings. The van der Waals surface area contributed by atoms with Gasteiger partial charge in [-0.05, 0) is 109 Å². The SMILES string of the molecule is CC/C=C\C/C=C\C/C=C\C/C=C\C/C=C\C/C=C\C/C=C\C/C=C\CCCCCCCCCCC(=O)NC(COP(=O)(O)OCC[N+](C)(C)C)C(O)/C=C/CC/C=C/CC/C=C/CCCCCCCCCCCCC. The highest BCUT2D eigenvalue weighted by Crippen LogP contribution is 2.43. The molecule has 0 aliphatic carbocycles. The molecule has 0 aromatic heterocycles. The third kappa shape index (κ3) is 58.3. The van der Waals surface area contributed by atoms with Crippen molar-refractivity contribution in [2.75, 3.05) is 40.9 Å². The first-order valence-electron chi connectivity index (χ1n) is 30.6. The van der Waals surface area contributed by atoms with Crippen molar-refractivity contribution in [1.82, 2.24) is 5.32 Å². The van der Waals surface area contributed by atoms with Crippen LogP contribution >= 0.6 is 7.82 Å². The number of likely N-dealkylation sites (N-methyl/N-ethyl adjacent to an activating group) is 1. The molecule has 9 heteroatoms. The molecule has 0 bridgehead atoms. The summed E-state index contributed by atoms with van der Waals surface area (Å²) in [5.74, 6) is -0.205. The first-order valence-corrected chi connectivity index (χ1v) is 32.1. The third-order valence-electron chi connectivity index (χ3n) is 12.8. The number of amides is 1. The molecule has 0 radical (unpaired) electrons. The van der Waals surface area contributed by atoms with Gasteiger partial charge in [-0.3, -0.25) is 13.8 Å². The number of nitrogens with zero attached hydrogens (tertiary/aromatic N) is 1. The Balaban J connectivity index is 4.29. The zero-order valence-electron chi connectivity index (χ0n) is 49.4. The number of quaternary nitrogens is 1. The molecule has 0 spiro atoms. The highest BCUT2D eigenvalue weighted by Gasteiger charge is 2.27. The summed E-state index contributed by atoms with van der Waals surface area (Å²) in [7, 11) is 1.52. The number of unbranched alkanes of at least 4 members (excludes halogenated alkanes) is 21. The lowest BCUT2D eigenvalue weighted by molar-refractivity contribution is -0.870. The molecule has 3 atom stereocenters. The largest absolute Gasteiger partial charge is 0.472 e. The van der Waals surface area contributed by atoms with Crippen molar-refractivity contribution in [2.45, 2.75) is 244 Å². The van der Waals surface area contributed by atoms with Crippen LogP contribution in [0.15, 0.2) is 134 Å². The van der Waals surface area contributed by atoms with E-state index >= 15 is 0 Å². The fourth-order valence-corrected chi connectivity index (χ4v) is 8.82. The summed E-state index contributed by atoms with van der Waals surface area (Å²) >= 11 is 0. The van der Waals surface area contributed by atoms with E-state index in [1.54, 1.807) is 6.08 Å². The predicted molar refractivity (Wildman–Crippen MR) is 331 cm³/mol. The molecule has 434 valence electrons. The van der Waals surface area contributed by atoms with Crippen molar-refractivity contribution in [3.05, 3.63) is 134 Å². The maximum atomic E-state index is 13.0. The smallest absolute Gasteiger partial charge is 0.387 e. The van der Waals surface area contributed by atoms with Gasteiger partial charge in [-0.15, -0.1) is 0 Å². The second-order valence-electron chi connectivity index (χ2n) is 21.3. The van der Waals surface area contributed by atoms with Gasteiger partial charge in [-0.1, -0.05) is 250 Å². The van der Waals surface area contributed by atoms with Crippen LogP contribution in [0.25, 0.3) is 0 Å². The van der Waals surface area contributed by atoms with Gasteiger partial charge >= 0.3 is 7.82 Å². The average molecular weight is 1080 g/mol. The second-order valence-corrected chi connectivity index (χ2v) is 22.8. The molecule has 3 N–H and O–H groups in total. The molecule has 0 heterocycles. The van der Waals surface area contributed by atoms with E-state index in [0.717, 1.165) is 109 Å². The minimum atomic E-state index is -4.37. The molecular weight excluding hydrogens is 960 g/mol. The Morgan fingerprint density at radius 3 is 1.21 bits per heavy atom. The molecule has 8 nitrogen and oxygen atoms in total. The number of carbonyl (C=O) groups is 1. The van der Waals surface area contributed by atoms with Gasteiger partial charge in [-0.2, -0.15) is 0 Å². The van der Waals surface area contributed by atoms with E-state index in [4.69, 9.17) is 9.05 Å². The zero-order valence-corrected chi connectivity index (χ0v) is 50.3. The molecule has 0 aliphatic heterocycles. The number of nitrogens with one attached hydrogen (secondary N) is 1. The van der Waals surface area contributed by atoms with E-state index in [1.165, 1.54) is 103 Å². The first kappa shape index (κ1) is 72.6. The van der Waals surface area contributed by atoms with Crippen molar-refractivity contribution >= 4 is 13.7 Å². The standard InChI is InChI=1S/C67H115N2O6P/c1-6-8-10-12-14-16-18-20-22-24-26-28-29-30-31-32-33-34-35-36-37-38-39-41-43-45-47-49-51-53-55-57-59-61-67(71)68-65(64-75-76(72,73)74-63-62-69(3,4)5)66(70)60-58-56-54-52-50-48-46-44-42-40-27-25-23-21-19-17-15-13-11-9-7-2/h8,10,14,16,20,22,26,28,30-31,33-34,36-37,39,41-42,44,50,52,58,60,65-66,70H,6-7,9,11-13,15,17-19,21,23-25,27,29,32,35,38,40,43,45-49,51,53-57,59,61-64H2,1-5H3,(H-,68,71,72,73)/p+1/b10-8-,16-14-,22-20-,28-26-,31-30-,34-33-,37-36-,41-39-,44-42+,52-50+,60-58+. The molecule has 0 rings (SSSR count). The Labute approximate surface area is 468 Å². The van der Waals surface area contributed by atoms with Crippen LogP contribution in [0.4, 0.5) is 0 Å². The molecule has 0 aromatic carbocycles. The first-order chi connectivity index (χ1) is 37.0. The van der Waals surface area contributed by atoms with E-state index in [0.29, 0.717) is 17.4 Å². The van der Waals surface area contributed by atoms with E-state index in [1.807, 2.05) is 27.2 Å². The minimum Gasteiger partial charge on any atom is -0.387 e. The summed E-state index contributed by atoms with van der Waals surface area (Å²) < 4.78 is 23.7. The van der Waals surface area contributed by atoms with E-state index in [9.17, 15) is 19.4 Å². The number of hydrogen-bond donors (Lipinski definition) is 3. The Bertz CT molecular complexity index is 1700. The van der Waals surface area contributed by atoms with Crippen LogP contribution in [-0.4, -0.2) is 73.4 Å². The molecule has 0 saturated carbocycles. The number of carbonyl (C=O) groups excluding carboxylic acids is 1. The summed E-state index contributed by atoms with van der Waals surface area (Å²) in [6.07, 6.45) is 85.6. The number of hydrogen-bond acceptors (Lipinski definition) is 5. The van der Waals surface area contributed by atoms with E-state index in [-0.39, 0.29) is 19.1 Å². The highest BCUT2D eigenvalue weighted by molar-refractivity contribution is 7.47. The van der Waals surface area contributed by atoms with E-state index < -0.39 is 20.0 Å². The fraction of sp³-hybridized carbons (Fsp3) is 0.657. The van der Waals surface area contributed by atoms with Crippen LogP contribution in [-0.2, 0) is 18.4 Å². The summed E-state index contributed by atoms with van der Waals surface area (Å²) in [6.45, 7) is 4.66. The van der Waals surface area contributed by atoms with Gasteiger partial charge in [0.1, 0.15) is 13.2 Å². The van der Waals surface area contributed by atoms with Crippen LogP contribution in [0.2, 0.25) is 0 Å². The number of aliphatic hydroxyl groups excluding tert-OH is 1. The minimum absolute atomic E-state index is 0.0447. The van der Waals surface area contributed by atoms with Gasteiger partial charge in [0.25, 0.3) is 0 Å². The van der Waals surface area contributed by atoms with Gasteiger partial charge in [0.05, 0.1) is 39.9 Å². The molecule has 0 fully saturated rings. The number of aliphatic hydroxyl groups is 1. The summed E-state index contributed by atoms with van der Waals surface area (Å²) in [6, 6.07) is -0.885. The average Bonchev–Trinajstić information content (AvgIpc) is 3.38. The summed E-state index contributed by atoms with van der Waals surface area (Å²) in [5.41, 5.74) is 0. The van der Waals surface area contributed by atoms with Gasteiger partial charge in [0.15, 0.2) is 0 Å². The van der Waals surface area contributed by atoms with Crippen LogP contribution in [0, 0.1) is 0 Å². The molecule has 0 saturated heterocycles. The van der Waals surface area contributed by atoms with Gasteiger partial charge in [-0.25, -0.2) is 4.57 Å². The van der Waals surface area contributed by atoms with Crippen molar-refractivity contribution in [3.8, 4) is 0 Å². The van der Waals surface area contributed by atoms with Crippen LogP contribution in [0.5, 0.6) is 0 Å². The van der Waals surface area contributed by atoms with Gasteiger partial charge in [0, 0.05) is 6.42 Å². The maximum Gasteiger partial charge on any atom is 0.472 e. The topological polar surface area (TPSA) is 105 Å². The molecular formula is C67H116N2O6P+. The highest BCUT2D eigenvalue weighted by atomic mass is 31.2. The lowest BCUT2D eigenvalue weighted by Crippen LogP contribution is -2.45. The Hall–Kier alpha value is -3.36. The fourth-order valence-electron chi connectivity index (χ4n) is 8.09. The molecule has 3 unspecified atom stereocenters. The predicted octanol–water partition coefficient (Wildman–Crippen LogP) is 19.1. The Morgan fingerprint density at radius 2 is 0.803 bits per heavy atom. The molecule has 0 aliphatic rings. The van der Waals surface area contributed by atoms with Crippen molar-refractivity contribution < 1.29 is 32.9 Å². The third-order valence-corrected chi connectivity index (χ3v) is 13.8. The van der Waals surface area contributed by atoms with Crippen molar-refractivity contribution in [3.63, 3.8) is 0 Å². The molecule has 76 heavy (non-hydrogen) atoms. The van der Waals surface area contributed by atoms with Crippen LogP contribution in [0.3, 0.4) is 0 Å². The van der Waals surface area contributed by atoms with E-state index in [2.05, 4.69) is 141 Å². The second kappa shape index (κ2) is 56.4. The molecule has 1 amide bonds. The zero-order chi connectivity index (χ0) is 55.6. The van der Waals surface area contributed by atoms with Gasteiger partial charge in [0.2, 0.25) is 5.91 Å². The lowest BCUT2D eigenvalue weighted by atomic mass is 10.1. The Morgan fingerprint density at radius 1 is 0.461 bits per heavy atom. The van der Waals surface area contributed by atoms with Gasteiger partial charge < -0.3 is 19.8 Å². The van der Waals surface area contributed by atoms with Crippen LogP contribution in [0.1, 0.15) is 232 Å². The van der Waals surface area contributed by atoms with Crippen molar-refractivity contribution in [2.24, 2.45) is 0 Å². The normalized spacial score (nSPS) is 14.8. The Kier molecular flexibility index (Phi) is 53.9. The number of rotatable bonds is 54. The van der Waals surface area contributed by atoms with Crippen molar-refractivity contribution in [1.29, 1.82) is 0 Å². The summed E-state index contributed by atoms with van der Waals surface area (Å²) in [5, 5.41) is 13.9. The summed E-state index contributed by atoms with van der Waals surface area (Å²) in [4.78, 5) is 23.3. The quantitative estimate of drug-likeness (QED) is 0.0243. The lowest BCUT2D eigenvalue weighted by Gasteiger charge is -2.25. The monoisotopic (exact) mass is 1080 g/mol. The number of phosphoric acid groups is 1. The van der Waals surface area contributed by atoms with Crippen LogP contribution < -0.4 is 5.32 Å². The number of phosphoric ester groups is 1. The maximum absolute atomic E-state index is 13.0. The number of allylic oxidation sites excluding steroid dienone is 21.